The molecule has 0 unspecified atom stereocenters. The third-order valence-corrected chi connectivity index (χ3v) is 10.5. The SMILES string of the molecule is CC(C)C[C@H](NC(=O)[C@H](Cc1ccc(O)cc1)NC(=O)[C@H](CCCCN)NC(=O)[C@H](CCCN=C(N)N)NC(=O)[C@@H](N)CCCN=C(N)N)C(=O)N[C@@H](Cc1c[nH]c2ccccc12)C(=O)O. The number of aromatic hydroxyl groups is 1. The van der Waals surface area contributed by atoms with Gasteiger partial charge < -0.3 is 76.2 Å². The van der Waals surface area contributed by atoms with Crippen LogP contribution in [0.15, 0.2) is 64.7 Å². The number of rotatable bonds is 29. The molecule has 3 rings (SSSR count). The van der Waals surface area contributed by atoms with Crippen LogP contribution in [0, 0.1) is 5.92 Å². The van der Waals surface area contributed by atoms with Gasteiger partial charge in [0.25, 0.3) is 0 Å². The normalized spacial score (nSPS) is 13.8. The average Bonchev–Trinajstić information content (AvgIpc) is 3.67. The number of nitrogens with zero attached hydrogens (tertiary/aromatic N) is 2. The van der Waals surface area contributed by atoms with Crippen LogP contribution < -0.4 is 61.0 Å². The number of carbonyl (C=O) groups is 6. The summed E-state index contributed by atoms with van der Waals surface area (Å²) in [4.78, 5) is 93.1. The lowest BCUT2D eigenvalue weighted by atomic mass is 9.99. The molecule has 6 atom stereocenters. The van der Waals surface area contributed by atoms with E-state index in [4.69, 9.17) is 34.4 Å². The van der Waals surface area contributed by atoms with Crippen LogP contribution in [0.5, 0.6) is 5.75 Å². The number of guanidine groups is 2. The van der Waals surface area contributed by atoms with E-state index in [1.165, 1.54) is 12.1 Å². The van der Waals surface area contributed by atoms with Crippen molar-refractivity contribution in [2.75, 3.05) is 19.6 Å². The van der Waals surface area contributed by atoms with E-state index >= 15 is 0 Å². The summed E-state index contributed by atoms with van der Waals surface area (Å²) < 4.78 is 0. The zero-order chi connectivity index (χ0) is 48.8. The number of fused-ring (bicyclic) bond motifs is 1. The van der Waals surface area contributed by atoms with Gasteiger partial charge in [0.15, 0.2) is 11.9 Å². The summed E-state index contributed by atoms with van der Waals surface area (Å²) in [5.41, 5.74) is 35.6. The standard InChI is InChI=1S/C44H68N14O8/c1-25(2)21-34(40(63)58-36(42(65)66)23-27-24-53-31-11-4-3-9-29(27)31)56-41(64)35(22-26-14-16-28(59)17-15-26)57-39(62)32(12-5-6-18-45)55-38(61)33(13-8-20-52-44(49)50)54-37(60)30(46)10-7-19-51-43(47)48/h3-4,9,11,14-17,24-25,30,32-36,53,59H,5-8,10,12-13,18-23,45-46H2,1-2H3,(H,54,60)(H,55,61)(H,56,64)(H,57,62)(H,58,63)(H,65,66)(H4,47,48,51)(H4,49,50,52)/t30-,32-,33-,34-,35-,36-/m0/s1. The van der Waals surface area contributed by atoms with E-state index in [0.717, 1.165) is 10.9 Å². The Morgan fingerprint density at radius 2 is 1.15 bits per heavy atom. The molecule has 0 saturated carbocycles. The molecular formula is C44H68N14O8. The van der Waals surface area contributed by atoms with Crippen molar-refractivity contribution in [3.63, 3.8) is 0 Å². The molecule has 22 nitrogen and oxygen atoms in total. The number of nitrogens with two attached hydrogens (primary N) is 6. The van der Waals surface area contributed by atoms with E-state index in [9.17, 15) is 39.0 Å². The number of phenols is 1. The summed E-state index contributed by atoms with van der Waals surface area (Å²) in [5.74, 6) is -5.34. The lowest BCUT2D eigenvalue weighted by Crippen LogP contribution is -2.59. The first kappa shape index (κ1) is 53.4. The van der Waals surface area contributed by atoms with Gasteiger partial charge in [-0.3, -0.25) is 34.0 Å². The predicted molar refractivity (Wildman–Crippen MR) is 251 cm³/mol. The molecule has 20 N–H and O–H groups in total. The minimum Gasteiger partial charge on any atom is -0.508 e. The van der Waals surface area contributed by atoms with Gasteiger partial charge in [-0.2, -0.15) is 0 Å². The summed E-state index contributed by atoms with van der Waals surface area (Å²) in [5, 5.41) is 34.4. The van der Waals surface area contributed by atoms with Crippen LogP contribution in [-0.2, 0) is 41.6 Å². The molecule has 1 heterocycles. The van der Waals surface area contributed by atoms with E-state index in [2.05, 4.69) is 41.6 Å². The summed E-state index contributed by atoms with van der Waals surface area (Å²) in [7, 11) is 0. The van der Waals surface area contributed by atoms with Crippen LogP contribution in [0.1, 0.15) is 76.3 Å². The quantitative estimate of drug-likeness (QED) is 0.0221. The lowest BCUT2D eigenvalue weighted by molar-refractivity contribution is -0.142. The third kappa shape index (κ3) is 18.6. The Morgan fingerprint density at radius 3 is 1.74 bits per heavy atom. The van der Waals surface area contributed by atoms with Gasteiger partial charge in [-0.25, -0.2) is 4.79 Å². The number of aromatic amines is 1. The molecule has 0 fully saturated rings. The molecule has 0 saturated heterocycles. The predicted octanol–water partition coefficient (Wildman–Crippen LogP) is -1.22. The number of carboxylic acids is 1. The molecule has 66 heavy (non-hydrogen) atoms. The van der Waals surface area contributed by atoms with E-state index in [-0.39, 0.29) is 81.6 Å². The van der Waals surface area contributed by atoms with E-state index in [0.29, 0.717) is 36.9 Å². The first-order chi connectivity index (χ1) is 31.4. The van der Waals surface area contributed by atoms with Crippen molar-refractivity contribution in [1.29, 1.82) is 0 Å². The Balaban J connectivity index is 1.88. The maximum atomic E-state index is 14.3. The Bertz CT molecular complexity index is 2120. The van der Waals surface area contributed by atoms with Crippen molar-refractivity contribution in [3.05, 3.63) is 65.9 Å². The van der Waals surface area contributed by atoms with Crippen LogP contribution in [0.25, 0.3) is 10.9 Å². The first-order valence-electron chi connectivity index (χ1n) is 22.0. The molecular weight excluding hydrogens is 853 g/mol. The fourth-order valence-electron chi connectivity index (χ4n) is 7.05. The molecule has 5 amide bonds. The maximum Gasteiger partial charge on any atom is 0.326 e. The smallest absolute Gasteiger partial charge is 0.326 e. The monoisotopic (exact) mass is 921 g/mol. The second-order valence-corrected chi connectivity index (χ2v) is 16.5. The third-order valence-electron chi connectivity index (χ3n) is 10.5. The number of aliphatic carboxylic acids is 1. The van der Waals surface area contributed by atoms with Crippen LogP contribution in [-0.4, -0.2) is 119 Å². The number of benzene rings is 2. The Hall–Kier alpha value is -6.94. The molecule has 0 aliphatic rings. The van der Waals surface area contributed by atoms with Gasteiger partial charge in [-0.1, -0.05) is 44.2 Å². The summed E-state index contributed by atoms with van der Waals surface area (Å²) in [6.45, 7) is 4.33. The second kappa shape index (κ2) is 27.4. The molecule has 362 valence electrons. The maximum absolute atomic E-state index is 14.3. The fraction of sp³-hybridized carbons (Fsp3) is 0.500. The molecule has 3 aromatic rings. The Kier molecular flexibility index (Phi) is 22.2. The number of hydrogen-bond donors (Lipinski definition) is 14. The molecule has 1 aromatic heterocycles. The highest BCUT2D eigenvalue weighted by Crippen LogP contribution is 2.20. The van der Waals surface area contributed by atoms with Crippen molar-refractivity contribution in [2.45, 2.75) is 114 Å². The number of unbranched alkanes of at least 4 members (excludes halogenated alkanes) is 1. The molecule has 2 aromatic carbocycles. The number of para-hydroxylation sites is 1. The lowest BCUT2D eigenvalue weighted by Gasteiger charge is -2.28. The largest absolute Gasteiger partial charge is 0.508 e. The number of aliphatic imine (C=N–C) groups is 2. The van der Waals surface area contributed by atoms with Crippen molar-refractivity contribution >= 4 is 58.3 Å². The average molecular weight is 921 g/mol. The first-order valence-corrected chi connectivity index (χ1v) is 22.0. The number of hydrogen-bond acceptors (Lipinski definition) is 11. The van der Waals surface area contributed by atoms with Gasteiger partial charge in [0, 0.05) is 43.0 Å². The summed E-state index contributed by atoms with van der Waals surface area (Å²) in [6.07, 6.45) is 3.52. The van der Waals surface area contributed by atoms with Crippen LogP contribution >= 0.6 is 0 Å². The van der Waals surface area contributed by atoms with Gasteiger partial charge in [-0.15, -0.1) is 0 Å². The van der Waals surface area contributed by atoms with E-state index < -0.39 is 71.8 Å². The Labute approximate surface area is 383 Å². The van der Waals surface area contributed by atoms with Gasteiger partial charge in [-0.05, 0) is 93.2 Å². The summed E-state index contributed by atoms with van der Waals surface area (Å²) >= 11 is 0. The highest BCUT2D eigenvalue weighted by atomic mass is 16.4. The number of phenolic OH excluding ortho intramolecular Hbond substituents is 1. The molecule has 22 heteroatoms. The molecule has 0 spiro atoms. The van der Waals surface area contributed by atoms with Crippen LogP contribution in [0.3, 0.4) is 0 Å². The highest BCUT2D eigenvalue weighted by Gasteiger charge is 2.33. The van der Waals surface area contributed by atoms with Crippen molar-refractivity contribution < 1.29 is 39.0 Å². The number of carbonyl (C=O) groups excluding carboxylic acids is 5. The van der Waals surface area contributed by atoms with Gasteiger partial charge in [0.2, 0.25) is 29.5 Å². The minimum atomic E-state index is -1.35. The number of nitrogens with one attached hydrogen (secondary N) is 6. The zero-order valence-corrected chi connectivity index (χ0v) is 37.6. The fourth-order valence-corrected chi connectivity index (χ4v) is 7.05. The van der Waals surface area contributed by atoms with E-state index in [1.807, 2.05) is 38.1 Å². The molecule has 0 bridgehead atoms. The number of H-pyrrole nitrogens is 1. The number of amides is 5. The number of aromatic nitrogens is 1. The van der Waals surface area contributed by atoms with Crippen molar-refractivity contribution in [3.8, 4) is 5.75 Å². The van der Waals surface area contributed by atoms with E-state index in [1.54, 1.807) is 18.3 Å². The molecule has 0 radical (unpaired) electrons. The van der Waals surface area contributed by atoms with Crippen LogP contribution in [0.2, 0.25) is 0 Å². The van der Waals surface area contributed by atoms with Gasteiger partial charge in [0.1, 0.15) is 36.0 Å². The zero-order valence-electron chi connectivity index (χ0n) is 37.6. The van der Waals surface area contributed by atoms with Crippen molar-refractivity contribution in [1.82, 2.24) is 31.6 Å². The van der Waals surface area contributed by atoms with Gasteiger partial charge >= 0.3 is 5.97 Å². The highest BCUT2D eigenvalue weighted by molar-refractivity contribution is 5.96. The number of carboxylic acid groups (broad SMARTS) is 1. The van der Waals surface area contributed by atoms with Crippen molar-refractivity contribution in [2.24, 2.45) is 50.3 Å². The second-order valence-electron chi connectivity index (χ2n) is 16.5. The summed E-state index contributed by atoms with van der Waals surface area (Å²) in [6, 6.07) is 5.94. The Morgan fingerprint density at radius 1 is 0.636 bits per heavy atom. The molecule has 0 aliphatic heterocycles. The minimum absolute atomic E-state index is 0.0346. The topological polar surface area (TPSA) is 400 Å². The molecule has 0 aliphatic carbocycles. The van der Waals surface area contributed by atoms with Crippen LogP contribution in [0.4, 0.5) is 0 Å². The van der Waals surface area contributed by atoms with Gasteiger partial charge in [0.05, 0.1) is 6.04 Å².